The van der Waals surface area contributed by atoms with Crippen molar-refractivity contribution in [2.75, 3.05) is 7.05 Å². The van der Waals surface area contributed by atoms with Crippen LogP contribution in [-0.4, -0.2) is 19.0 Å². The first-order valence-electron chi connectivity index (χ1n) is 6.06. The van der Waals surface area contributed by atoms with Crippen molar-refractivity contribution in [2.45, 2.75) is 40.3 Å². The molecule has 0 aromatic heterocycles. The van der Waals surface area contributed by atoms with Gasteiger partial charge in [0, 0.05) is 19.6 Å². The van der Waals surface area contributed by atoms with E-state index in [1.807, 2.05) is 0 Å². The molecule has 94 valence electrons. The Bertz CT molecular complexity index is 394. The number of hydrogen-bond donors (Lipinski definition) is 2. The number of nitrogens with one attached hydrogen (secondary N) is 2. The second-order valence-electron chi connectivity index (χ2n) is 4.65. The third kappa shape index (κ3) is 4.47. The summed E-state index contributed by atoms with van der Waals surface area (Å²) in [6, 6.07) is 6.90. The predicted octanol–water partition coefficient (Wildman–Crippen LogP) is 2.38. The van der Waals surface area contributed by atoms with Gasteiger partial charge in [-0.25, -0.2) is 0 Å². The van der Waals surface area contributed by atoms with Crippen LogP contribution in [0.5, 0.6) is 0 Å². The smallest absolute Gasteiger partial charge is 0.191 e. The van der Waals surface area contributed by atoms with Crippen LogP contribution in [0.3, 0.4) is 0 Å². The first-order valence-corrected chi connectivity index (χ1v) is 6.06. The van der Waals surface area contributed by atoms with Crippen LogP contribution in [0, 0.1) is 13.8 Å². The van der Waals surface area contributed by atoms with Crippen LogP contribution in [0.25, 0.3) is 0 Å². The second-order valence-corrected chi connectivity index (χ2v) is 4.65. The van der Waals surface area contributed by atoms with E-state index >= 15 is 0 Å². The zero-order chi connectivity index (χ0) is 12.8. The van der Waals surface area contributed by atoms with Crippen LogP contribution in [0.2, 0.25) is 0 Å². The van der Waals surface area contributed by atoms with E-state index in [1.165, 1.54) is 16.7 Å². The third-order valence-electron chi connectivity index (χ3n) is 2.59. The Labute approximate surface area is 104 Å². The molecule has 1 aromatic carbocycles. The molecule has 0 aliphatic rings. The molecule has 0 radical (unpaired) electrons. The van der Waals surface area contributed by atoms with Gasteiger partial charge in [-0.15, -0.1) is 0 Å². The van der Waals surface area contributed by atoms with Gasteiger partial charge in [0.15, 0.2) is 5.96 Å². The molecule has 3 nitrogen and oxygen atoms in total. The normalized spacial score (nSPS) is 11.8. The molecule has 2 N–H and O–H groups in total. The zero-order valence-corrected chi connectivity index (χ0v) is 11.5. The van der Waals surface area contributed by atoms with Crippen molar-refractivity contribution >= 4 is 5.96 Å². The predicted molar refractivity (Wildman–Crippen MR) is 74.4 cm³/mol. The molecule has 0 bridgehead atoms. The summed E-state index contributed by atoms with van der Waals surface area (Å²) in [4.78, 5) is 4.18. The highest BCUT2D eigenvalue weighted by Gasteiger charge is 2.02. The van der Waals surface area contributed by atoms with E-state index in [0.717, 1.165) is 12.5 Å². The molecule has 0 fully saturated rings. The molecule has 0 aliphatic heterocycles. The van der Waals surface area contributed by atoms with Gasteiger partial charge in [-0.2, -0.15) is 0 Å². The zero-order valence-electron chi connectivity index (χ0n) is 11.5. The molecule has 3 heteroatoms. The van der Waals surface area contributed by atoms with Crippen LogP contribution >= 0.6 is 0 Å². The lowest BCUT2D eigenvalue weighted by Gasteiger charge is -2.15. The molecule has 0 spiro atoms. The number of rotatable bonds is 3. The molecule has 0 amide bonds. The Balaban J connectivity index is 2.60. The van der Waals surface area contributed by atoms with Gasteiger partial charge >= 0.3 is 0 Å². The van der Waals surface area contributed by atoms with Crippen LogP contribution in [0.15, 0.2) is 23.2 Å². The van der Waals surface area contributed by atoms with Crippen molar-refractivity contribution in [3.05, 3.63) is 34.9 Å². The first-order chi connectivity index (χ1) is 8.02. The fourth-order valence-electron chi connectivity index (χ4n) is 1.69. The molecular weight excluding hydrogens is 210 g/mol. The monoisotopic (exact) mass is 233 g/mol. The standard InChI is InChI=1S/C14H23N3/c1-10(2)17-14(15-5)16-9-13-7-6-11(3)8-12(13)4/h6-8,10H,9H2,1-5H3,(H2,15,16,17). The van der Waals surface area contributed by atoms with Crippen LogP contribution in [0.1, 0.15) is 30.5 Å². The maximum atomic E-state index is 4.18. The second kappa shape index (κ2) is 6.28. The third-order valence-corrected chi connectivity index (χ3v) is 2.59. The van der Waals surface area contributed by atoms with Gasteiger partial charge in [0.1, 0.15) is 0 Å². The summed E-state index contributed by atoms with van der Waals surface area (Å²) in [5, 5.41) is 6.59. The Morgan fingerprint density at radius 3 is 2.53 bits per heavy atom. The lowest BCUT2D eigenvalue weighted by Crippen LogP contribution is -2.40. The van der Waals surface area contributed by atoms with E-state index in [1.54, 1.807) is 7.05 Å². The van der Waals surface area contributed by atoms with E-state index < -0.39 is 0 Å². The van der Waals surface area contributed by atoms with Crippen molar-refractivity contribution in [2.24, 2.45) is 4.99 Å². The lowest BCUT2D eigenvalue weighted by atomic mass is 10.1. The molecule has 0 heterocycles. The van der Waals surface area contributed by atoms with Crippen LogP contribution < -0.4 is 10.6 Å². The summed E-state index contributed by atoms with van der Waals surface area (Å²) < 4.78 is 0. The SMILES string of the molecule is CN=C(NCc1ccc(C)cc1C)NC(C)C. The van der Waals surface area contributed by atoms with E-state index in [9.17, 15) is 0 Å². The highest BCUT2D eigenvalue weighted by molar-refractivity contribution is 5.79. The minimum absolute atomic E-state index is 0.389. The average Bonchev–Trinajstić information content (AvgIpc) is 2.25. The van der Waals surface area contributed by atoms with Gasteiger partial charge in [-0.3, -0.25) is 4.99 Å². The quantitative estimate of drug-likeness (QED) is 0.621. The van der Waals surface area contributed by atoms with Gasteiger partial charge in [-0.1, -0.05) is 23.8 Å². The van der Waals surface area contributed by atoms with E-state index in [0.29, 0.717) is 6.04 Å². The minimum Gasteiger partial charge on any atom is -0.354 e. The number of aryl methyl sites for hydroxylation is 2. The molecule has 0 saturated heterocycles. The lowest BCUT2D eigenvalue weighted by molar-refractivity contribution is 0.699. The van der Waals surface area contributed by atoms with Crippen molar-refractivity contribution in [1.82, 2.24) is 10.6 Å². The molecule has 0 saturated carbocycles. The number of hydrogen-bond acceptors (Lipinski definition) is 1. The molecule has 0 atom stereocenters. The van der Waals surface area contributed by atoms with Gasteiger partial charge in [0.05, 0.1) is 0 Å². The first kappa shape index (κ1) is 13.6. The Morgan fingerprint density at radius 1 is 1.29 bits per heavy atom. The van der Waals surface area contributed by atoms with E-state index in [-0.39, 0.29) is 0 Å². The highest BCUT2D eigenvalue weighted by atomic mass is 15.2. The summed E-state index contributed by atoms with van der Waals surface area (Å²) in [6.07, 6.45) is 0. The highest BCUT2D eigenvalue weighted by Crippen LogP contribution is 2.09. The van der Waals surface area contributed by atoms with E-state index in [4.69, 9.17) is 0 Å². The molecule has 1 aromatic rings. The molecular formula is C14H23N3. The molecule has 17 heavy (non-hydrogen) atoms. The van der Waals surface area contributed by atoms with Gasteiger partial charge in [-0.05, 0) is 38.8 Å². The summed E-state index contributed by atoms with van der Waals surface area (Å²) in [6.45, 7) is 9.26. The van der Waals surface area contributed by atoms with Crippen molar-refractivity contribution in [3.8, 4) is 0 Å². The minimum atomic E-state index is 0.389. The fourth-order valence-corrected chi connectivity index (χ4v) is 1.69. The summed E-state index contributed by atoms with van der Waals surface area (Å²) in [5.41, 5.74) is 3.93. The van der Waals surface area contributed by atoms with Gasteiger partial charge in [0.25, 0.3) is 0 Å². The topological polar surface area (TPSA) is 36.4 Å². The largest absolute Gasteiger partial charge is 0.354 e. The van der Waals surface area contributed by atoms with E-state index in [2.05, 4.69) is 61.5 Å². The van der Waals surface area contributed by atoms with Gasteiger partial charge < -0.3 is 10.6 Å². The average molecular weight is 233 g/mol. The maximum Gasteiger partial charge on any atom is 0.191 e. The van der Waals surface area contributed by atoms with Crippen LogP contribution in [-0.2, 0) is 6.54 Å². The van der Waals surface area contributed by atoms with Crippen molar-refractivity contribution in [3.63, 3.8) is 0 Å². The van der Waals surface area contributed by atoms with Gasteiger partial charge in [0.2, 0.25) is 0 Å². The van der Waals surface area contributed by atoms with Crippen molar-refractivity contribution < 1.29 is 0 Å². The fraction of sp³-hybridized carbons (Fsp3) is 0.500. The Hall–Kier alpha value is -1.51. The molecule has 0 unspecified atom stereocenters. The summed E-state index contributed by atoms with van der Waals surface area (Å²) in [7, 11) is 1.79. The number of guanidine groups is 1. The summed E-state index contributed by atoms with van der Waals surface area (Å²) in [5.74, 6) is 0.847. The molecule has 1 rings (SSSR count). The van der Waals surface area contributed by atoms with Crippen molar-refractivity contribution in [1.29, 1.82) is 0 Å². The Morgan fingerprint density at radius 2 is 2.00 bits per heavy atom. The molecule has 0 aliphatic carbocycles. The number of benzene rings is 1. The van der Waals surface area contributed by atoms with Crippen LogP contribution in [0.4, 0.5) is 0 Å². The maximum absolute atomic E-state index is 4.18. The Kier molecular flexibility index (Phi) is 5.01. The number of nitrogens with zero attached hydrogens (tertiary/aromatic N) is 1. The summed E-state index contributed by atoms with van der Waals surface area (Å²) >= 11 is 0. The number of aliphatic imine (C=N–C) groups is 1.